The first-order chi connectivity index (χ1) is 12.4. The van der Waals surface area contributed by atoms with Crippen LogP contribution in [0.5, 0.6) is 5.75 Å². The number of rotatable bonds is 4. The van der Waals surface area contributed by atoms with E-state index < -0.39 is 17.1 Å². The van der Waals surface area contributed by atoms with Crippen molar-refractivity contribution in [2.75, 3.05) is 0 Å². The van der Waals surface area contributed by atoms with E-state index in [0.29, 0.717) is 16.1 Å². The molecular formula is C18H11Cl2NO4S. The lowest BCUT2D eigenvalue weighted by Gasteiger charge is -2.08. The number of benzene rings is 2. The quantitative estimate of drug-likeness (QED) is 0.459. The highest BCUT2D eigenvalue weighted by Crippen LogP contribution is 2.30. The van der Waals surface area contributed by atoms with Gasteiger partial charge >= 0.3 is 5.97 Å². The fourth-order valence-electron chi connectivity index (χ4n) is 2.22. The lowest BCUT2D eigenvalue weighted by atomic mass is 10.1. The molecule has 0 radical (unpaired) electrons. The molecule has 26 heavy (non-hydrogen) atoms. The lowest BCUT2D eigenvalue weighted by molar-refractivity contribution is -0.133. The van der Waals surface area contributed by atoms with E-state index in [0.717, 1.165) is 11.8 Å². The Balaban J connectivity index is 1.71. The molecule has 5 nitrogen and oxygen atoms in total. The van der Waals surface area contributed by atoms with E-state index in [-0.39, 0.29) is 22.1 Å². The fourth-order valence-corrected chi connectivity index (χ4v) is 3.33. The summed E-state index contributed by atoms with van der Waals surface area (Å²) in [5.74, 6) is -0.751. The van der Waals surface area contributed by atoms with E-state index in [2.05, 4.69) is 5.32 Å². The molecule has 8 heteroatoms. The zero-order valence-electron chi connectivity index (χ0n) is 13.1. The van der Waals surface area contributed by atoms with Gasteiger partial charge in [0.1, 0.15) is 5.75 Å². The summed E-state index contributed by atoms with van der Waals surface area (Å²) in [5, 5.41) is 2.45. The highest BCUT2D eigenvalue weighted by atomic mass is 35.5. The number of thioether (sulfide) groups is 1. The highest BCUT2D eigenvalue weighted by Gasteiger charge is 2.25. The molecule has 132 valence electrons. The molecule has 1 saturated heterocycles. The average Bonchev–Trinajstić information content (AvgIpc) is 2.89. The summed E-state index contributed by atoms with van der Waals surface area (Å²) in [7, 11) is 0. The molecule has 0 atom stereocenters. The second kappa shape index (κ2) is 7.95. The second-order valence-electron chi connectivity index (χ2n) is 5.28. The summed E-state index contributed by atoms with van der Waals surface area (Å²) in [5.41, 5.74) is 1.26. The molecule has 0 bridgehead atoms. The Labute approximate surface area is 163 Å². The van der Waals surface area contributed by atoms with Gasteiger partial charge in [0.15, 0.2) is 0 Å². The van der Waals surface area contributed by atoms with Crippen LogP contribution in [0, 0.1) is 0 Å². The number of halogens is 2. The Morgan fingerprint density at radius 3 is 2.54 bits per heavy atom. The van der Waals surface area contributed by atoms with E-state index in [1.807, 2.05) is 0 Å². The van der Waals surface area contributed by atoms with Gasteiger partial charge in [-0.1, -0.05) is 47.5 Å². The topological polar surface area (TPSA) is 72.5 Å². The van der Waals surface area contributed by atoms with Crippen LogP contribution in [0.4, 0.5) is 4.79 Å². The van der Waals surface area contributed by atoms with E-state index in [1.54, 1.807) is 36.4 Å². The van der Waals surface area contributed by atoms with E-state index in [4.69, 9.17) is 27.9 Å². The number of esters is 1. The van der Waals surface area contributed by atoms with Gasteiger partial charge in [0.25, 0.3) is 11.1 Å². The number of amides is 2. The summed E-state index contributed by atoms with van der Waals surface area (Å²) >= 11 is 13.0. The SMILES string of the molecule is O=C(Cc1ccccc1Cl)Oc1ccc(C=C2SC(=O)NC2=O)cc1Cl. The van der Waals surface area contributed by atoms with E-state index in [1.165, 1.54) is 12.1 Å². The largest absolute Gasteiger partial charge is 0.425 e. The fraction of sp³-hybridized carbons (Fsp3) is 0.0556. The Kier molecular flexibility index (Phi) is 5.66. The summed E-state index contributed by atoms with van der Waals surface area (Å²) < 4.78 is 5.28. The normalized spacial score (nSPS) is 15.2. The van der Waals surface area contributed by atoms with Crippen LogP contribution in [0.3, 0.4) is 0 Å². The van der Waals surface area contributed by atoms with Crippen LogP contribution in [0.1, 0.15) is 11.1 Å². The standard InChI is InChI=1S/C18H11Cl2NO4S/c19-12-4-2-1-3-11(12)9-16(22)25-14-6-5-10(7-13(14)20)8-15-17(23)21-18(24)26-15/h1-8H,9H2,(H,21,23,24). The summed E-state index contributed by atoms with van der Waals surface area (Å²) in [4.78, 5) is 35.1. The molecule has 1 heterocycles. The Hall–Kier alpha value is -2.28. The maximum atomic E-state index is 12.1. The van der Waals surface area contributed by atoms with Gasteiger partial charge in [-0.25, -0.2) is 0 Å². The summed E-state index contributed by atoms with van der Waals surface area (Å²) in [6, 6.07) is 11.7. The predicted octanol–water partition coefficient (Wildman–Crippen LogP) is 4.47. The van der Waals surface area contributed by atoms with Crippen molar-refractivity contribution >= 4 is 58.2 Å². The van der Waals surface area contributed by atoms with Gasteiger partial charge in [-0.3, -0.25) is 19.7 Å². The first kappa shape index (κ1) is 18.5. The third-order valence-electron chi connectivity index (χ3n) is 3.41. The van der Waals surface area contributed by atoms with Crippen molar-refractivity contribution in [1.82, 2.24) is 5.32 Å². The van der Waals surface area contributed by atoms with Crippen molar-refractivity contribution in [2.45, 2.75) is 6.42 Å². The minimum Gasteiger partial charge on any atom is -0.425 e. The maximum Gasteiger partial charge on any atom is 0.315 e. The van der Waals surface area contributed by atoms with Crippen LogP contribution >= 0.6 is 35.0 Å². The molecular weight excluding hydrogens is 397 g/mol. The zero-order chi connectivity index (χ0) is 18.7. The molecule has 0 aromatic heterocycles. The number of nitrogens with one attached hydrogen (secondary N) is 1. The van der Waals surface area contributed by atoms with Gasteiger partial charge in [-0.15, -0.1) is 0 Å². The zero-order valence-corrected chi connectivity index (χ0v) is 15.5. The molecule has 2 amide bonds. The number of hydrogen-bond donors (Lipinski definition) is 1. The molecule has 0 unspecified atom stereocenters. The Morgan fingerprint density at radius 1 is 1.12 bits per heavy atom. The van der Waals surface area contributed by atoms with Crippen molar-refractivity contribution in [1.29, 1.82) is 0 Å². The smallest absolute Gasteiger partial charge is 0.315 e. The number of ether oxygens (including phenoxy) is 1. The highest BCUT2D eigenvalue weighted by molar-refractivity contribution is 8.18. The van der Waals surface area contributed by atoms with Crippen LogP contribution in [0.2, 0.25) is 10.0 Å². The molecule has 0 aliphatic carbocycles. The summed E-state index contributed by atoms with van der Waals surface area (Å²) in [6.45, 7) is 0. The van der Waals surface area contributed by atoms with Gasteiger partial charge in [0.2, 0.25) is 0 Å². The molecule has 1 aliphatic rings. The van der Waals surface area contributed by atoms with Crippen LogP contribution in [0.15, 0.2) is 47.4 Å². The molecule has 1 N–H and O–H groups in total. The Morgan fingerprint density at radius 2 is 1.88 bits per heavy atom. The lowest BCUT2D eigenvalue weighted by Crippen LogP contribution is -2.17. The molecule has 0 saturated carbocycles. The van der Waals surface area contributed by atoms with Gasteiger partial charge < -0.3 is 4.74 Å². The van der Waals surface area contributed by atoms with Crippen molar-refractivity contribution in [3.63, 3.8) is 0 Å². The van der Waals surface area contributed by atoms with E-state index >= 15 is 0 Å². The molecule has 0 spiro atoms. The first-order valence-corrected chi connectivity index (χ1v) is 8.98. The molecule has 1 fully saturated rings. The van der Waals surface area contributed by atoms with Crippen molar-refractivity contribution in [3.8, 4) is 5.75 Å². The van der Waals surface area contributed by atoms with E-state index in [9.17, 15) is 14.4 Å². The van der Waals surface area contributed by atoms with Crippen LogP contribution < -0.4 is 10.1 Å². The number of imide groups is 1. The second-order valence-corrected chi connectivity index (χ2v) is 7.11. The molecule has 1 aliphatic heterocycles. The summed E-state index contributed by atoms with van der Waals surface area (Å²) in [6.07, 6.45) is 1.55. The number of carbonyl (C=O) groups excluding carboxylic acids is 3. The third-order valence-corrected chi connectivity index (χ3v) is 4.89. The first-order valence-electron chi connectivity index (χ1n) is 7.41. The predicted molar refractivity (Wildman–Crippen MR) is 101 cm³/mol. The van der Waals surface area contributed by atoms with Gasteiger partial charge in [-0.2, -0.15) is 0 Å². The number of hydrogen-bond acceptors (Lipinski definition) is 5. The van der Waals surface area contributed by atoms with Crippen LogP contribution in [-0.2, 0) is 16.0 Å². The minimum absolute atomic E-state index is 0.0146. The number of carbonyl (C=O) groups is 3. The van der Waals surface area contributed by atoms with Gasteiger partial charge in [0, 0.05) is 5.02 Å². The van der Waals surface area contributed by atoms with Crippen LogP contribution in [-0.4, -0.2) is 17.1 Å². The van der Waals surface area contributed by atoms with Crippen molar-refractivity contribution in [2.24, 2.45) is 0 Å². The minimum atomic E-state index is -0.498. The van der Waals surface area contributed by atoms with Crippen molar-refractivity contribution in [3.05, 3.63) is 68.5 Å². The van der Waals surface area contributed by atoms with Gasteiger partial charge in [0.05, 0.1) is 16.3 Å². The molecule has 2 aromatic carbocycles. The average molecular weight is 408 g/mol. The molecule has 3 rings (SSSR count). The Bertz CT molecular complexity index is 943. The maximum absolute atomic E-state index is 12.1. The van der Waals surface area contributed by atoms with Gasteiger partial charge in [-0.05, 0) is 47.2 Å². The van der Waals surface area contributed by atoms with Crippen LogP contribution in [0.25, 0.3) is 6.08 Å². The molecule has 2 aromatic rings. The third kappa shape index (κ3) is 4.46. The van der Waals surface area contributed by atoms with Crippen molar-refractivity contribution < 1.29 is 19.1 Å². The monoisotopic (exact) mass is 407 g/mol.